The lowest BCUT2D eigenvalue weighted by atomic mass is 9.94. The average molecular weight is 416 g/mol. The van der Waals surface area contributed by atoms with Crippen molar-refractivity contribution in [2.24, 2.45) is 0 Å². The number of rotatable bonds is 5. The number of pyridine rings is 1. The SMILES string of the molecule is CC(C)(C)OC(=O)N(Cc1ccccc1)C(c1ccncc1)c1cccc2c1NCC2. The topological polar surface area (TPSA) is 54.5 Å². The summed E-state index contributed by atoms with van der Waals surface area (Å²) in [4.78, 5) is 19.5. The van der Waals surface area contributed by atoms with Crippen LogP contribution < -0.4 is 5.32 Å². The van der Waals surface area contributed by atoms with Crippen LogP contribution in [-0.2, 0) is 17.7 Å². The Morgan fingerprint density at radius 1 is 1.06 bits per heavy atom. The van der Waals surface area contributed by atoms with Crippen LogP contribution in [0.2, 0.25) is 0 Å². The Morgan fingerprint density at radius 2 is 1.81 bits per heavy atom. The van der Waals surface area contributed by atoms with Gasteiger partial charge >= 0.3 is 6.09 Å². The first-order valence-electron chi connectivity index (χ1n) is 10.7. The molecule has 2 aromatic carbocycles. The van der Waals surface area contributed by atoms with Crippen LogP contribution in [0.1, 0.15) is 49.1 Å². The van der Waals surface area contributed by atoms with Crippen molar-refractivity contribution >= 4 is 11.8 Å². The Balaban J connectivity index is 1.84. The maximum absolute atomic E-state index is 13.5. The zero-order valence-corrected chi connectivity index (χ0v) is 18.3. The largest absolute Gasteiger partial charge is 0.444 e. The summed E-state index contributed by atoms with van der Waals surface area (Å²) in [5.41, 5.74) is 4.92. The molecule has 160 valence electrons. The second kappa shape index (κ2) is 8.80. The van der Waals surface area contributed by atoms with Crippen molar-refractivity contribution in [1.29, 1.82) is 0 Å². The Bertz CT molecular complexity index is 1030. The van der Waals surface area contributed by atoms with Crippen LogP contribution >= 0.6 is 0 Å². The molecule has 1 atom stereocenters. The molecule has 0 spiro atoms. The summed E-state index contributed by atoms with van der Waals surface area (Å²) >= 11 is 0. The first-order chi connectivity index (χ1) is 14.9. The van der Waals surface area contributed by atoms with E-state index in [2.05, 4.69) is 28.5 Å². The van der Waals surface area contributed by atoms with E-state index in [1.807, 2.05) is 68.1 Å². The molecular weight excluding hydrogens is 386 g/mol. The van der Waals surface area contributed by atoms with E-state index in [0.717, 1.165) is 35.3 Å². The van der Waals surface area contributed by atoms with Gasteiger partial charge in [0.25, 0.3) is 0 Å². The summed E-state index contributed by atoms with van der Waals surface area (Å²) in [5, 5.41) is 3.53. The average Bonchev–Trinajstić information content (AvgIpc) is 3.23. The Hall–Kier alpha value is -3.34. The maximum Gasteiger partial charge on any atom is 0.411 e. The highest BCUT2D eigenvalue weighted by molar-refractivity contribution is 5.72. The predicted molar refractivity (Wildman–Crippen MR) is 123 cm³/mol. The van der Waals surface area contributed by atoms with E-state index in [0.29, 0.717) is 6.54 Å². The molecule has 0 fully saturated rings. The highest BCUT2D eigenvalue weighted by Gasteiger charge is 2.33. The number of nitrogens with one attached hydrogen (secondary N) is 1. The van der Waals surface area contributed by atoms with Crippen molar-refractivity contribution in [2.45, 2.75) is 45.4 Å². The predicted octanol–water partition coefficient (Wildman–Crippen LogP) is 5.58. The lowest BCUT2D eigenvalue weighted by Crippen LogP contribution is -2.39. The third kappa shape index (κ3) is 4.88. The summed E-state index contributed by atoms with van der Waals surface area (Å²) in [6, 6.07) is 20.0. The van der Waals surface area contributed by atoms with Crippen LogP contribution in [-0.4, -0.2) is 28.1 Å². The van der Waals surface area contributed by atoms with Crippen LogP contribution in [0.25, 0.3) is 0 Å². The molecule has 0 bridgehead atoms. The fraction of sp³-hybridized carbons (Fsp3) is 0.308. The first kappa shape index (κ1) is 20.9. The van der Waals surface area contributed by atoms with E-state index in [-0.39, 0.29) is 12.1 Å². The highest BCUT2D eigenvalue weighted by Crippen LogP contribution is 2.38. The lowest BCUT2D eigenvalue weighted by Gasteiger charge is -2.35. The van der Waals surface area contributed by atoms with E-state index in [4.69, 9.17) is 4.74 Å². The van der Waals surface area contributed by atoms with E-state index < -0.39 is 5.60 Å². The quantitative estimate of drug-likeness (QED) is 0.591. The molecule has 1 N–H and O–H groups in total. The number of nitrogens with zero attached hydrogens (tertiary/aromatic N) is 2. The van der Waals surface area contributed by atoms with Crippen LogP contribution in [0.3, 0.4) is 0 Å². The Morgan fingerprint density at radius 3 is 2.52 bits per heavy atom. The van der Waals surface area contributed by atoms with Crippen LogP contribution in [0.15, 0.2) is 73.1 Å². The van der Waals surface area contributed by atoms with Crippen LogP contribution in [0.5, 0.6) is 0 Å². The molecule has 5 heteroatoms. The van der Waals surface area contributed by atoms with Gasteiger partial charge in [-0.1, -0.05) is 48.5 Å². The van der Waals surface area contributed by atoms with Gasteiger partial charge < -0.3 is 10.1 Å². The van der Waals surface area contributed by atoms with Gasteiger partial charge in [-0.05, 0) is 56.0 Å². The van der Waals surface area contributed by atoms with Gasteiger partial charge in [-0.3, -0.25) is 9.88 Å². The summed E-state index contributed by atoms with van der Waals surface area (Å²) in [6.45, 7) is 7.03. The lowest BCUT2D eigenvalue weighted by molar-refractivity contribution is 0.0172. The van der Waals surface area contributed by atoms with Crippen LogP contribution in [0, 0.1) is 0 Å². The smallest absolute Gasteiger partial charge is 0.411 e. The summed E-state index contributed by atoms with van der Waals surface area (Å²) < 4.78 is 5.87. The van der Waals surface area contributed by atoms with Gasteiger partial charge in [0.15, 0.2) is 0 Å². The van der Waals surface area contributed by atoms with Gasteiger partial charge in [-0.15, -0.1) is 0 Å². The summed E-state index contributed by atoms with van der Waals surface area (Å²) in [5.74, 6) is 0. The number of carbonyl (C=O) groups is 1. The number of aromatic nitrogens is 1. The van der Waals surface area contributed by atoms with Gasteiger partial charge in [-0.25, -0.2) is 4.79 Å². The van der Waals surface area contributed by atoms with Crippen molar-refractivity contribution < 1.29 is 9.53 Å². The molecule has 3 aromatic rings. The molecule has 1 unspecified atom stereocenters. The van der Waals surface area contributed by atoms with Crippen molar-refractivity contribution in [3.05, 3.63) is 95.3 Å². The van der Waals surface area contributed by atoms with E-state index in [9.17, 15) is 4.79 Å². The highest BCUT2D eigenvalue weighted by atomic mass is 16.6. The molecule has 1 aromatic heterocycles. The first-order valence-corrected chi connectivity index (χ1v) is 10.7. The fourth-order valence-electron chi connectivity index (χ4n) is 4.03. The number of benzene rings is 2. The molecule has 1 amide bonds. The number of para-hydroxylation sites is 1. The number of fused-ring (bicyclic) bond motifs is 1. The van der Waals surface area contributed by atoms with E-state index in [1.54, 1.807) is 12.4 Å². The molecule has 0 saturated heterocycles. The third-order valence-electron chi connectivity index (χ3n) is 5.33. The van der Waals surface area contributed by atoms with Crippen molar-refractivity contribution in [2.75, 3.05) is 11.9 Å². The normalized spacial score (nSPS) is 13.8. The summed E-state index contributed by atoms with van der Waals surface area (Å²) in [7, 11) is 0. The van der Waals surface area contributed by atoms with Gasteiger partial charge in [0.2, 0.25) is 0 Å². The second-order valence-electron chi connectivity index (χ2n) is 8.84. The molecule has 31 heavy (non-hydrogen) atoms. The molecule has 4 rings (SSSR count). The third-order valence-corrected chi connectivity index (χ3v) is 5.33. The monoisotopic (exact) mass is 415 g/mol. The second-order valence-corrected chi connectivity index (χ2v) is 8.84. The van der Waals surface area contributed by atoms with Gasteiger partial charge in [0, 0.05) is 36.7 Å². The van der Waals surface area contributed by atoms with Gasteiger partial charge in [-0.2, -0.15) is 0 Å². The minimum atomic E-state index is -0.592. The Labute approximate surface area is 184 Å². The molecular formula is C26H29N3O2. The molecule has 1 aliphatic rings. The minimum Gasteiger partial charge on any atom is -0.444 e. The van der Waals surface area contributed by atoms with Crippen molar-refractivity contribution in [3.63, 3.8) is 0 Å². The number of hydrogen-bond donors (Lipinski definition) is 1. The Kier molecular flexibility index (Phi) is 5.94. The molecule has 0 saturated carbocycles. The number of ether oxygens (including phenoxy) is 1. The number of hydrogen-bond acceptors (Lipinski definition) is 4. The van der Waals surface area contributed by atoms with Gasteiger partial charge in [0.1, 0.15) is 5.60 Å². The van der Waals surface area contributed by atoms with E-state index >= 15 is 0 Å². The number of amides is 1. The fourth-order valence-corrected chi connectivity index (χ4v) is 4.03. The van der Waals surface area contributed by atoms with Crippen molar-refractivity contribution in [1.82, 2.24) is 9.88 Å². The minimum absolute atomic E-state index is 0.307. The van der Waals surface area contributed by atoms with Crippen molar-refractivity contribution in [3.8, 4) is 0 Å². The maximum atomic E-state index is 13.5. The molecule has 0 aliphatic carbocycles. The van der Waals surface area contributed by atoms with Gasteiger partial charge in [0.05, 0.1) is 6.04 Å². The molecule has 5 nitrogen and oxygen atoms in total. The molecule has 2 heterocycles. The number of carbonyl (C=O) groups excluding carboxylic acids is 1. The standard InChI is InChI=1S/C26H29N3O2/c1-26(2,3)31-25(30)29(18-19-8-5-4-6-9-19)24(21-12-15-27-16-13-21)22-11-7-10-20-14-17-28-23(20)22/h4-13,15-16,24,28H,14,17-18H2,1-3H3. The zero-order valence-electron chi connectivity index (χ0n) is 18.3. The van der Waals surface area contributed by atoms with E-state index in [1.165, 1.54) is 5.56 Å². The number of anilines is 1. The van der Waals surface area contributed by atoms with Crippen LogP contribution in [0.4, 0.5) is 10.5 Å². The molecule has 1 aliphatic heterocycles. The molecule has 0 radical (unpaired) electrons. The zero-order chi connectivity index (χ0) is 21.8. The summed E-state index contributed by atoms with van der Waals surface area (Å²) in [6.07, 6.45) is 4.19.